The van der Waals surface area contributed by atoms with Crippen LogP contribution in [0.5, 0.6) is 0 Å². The largest absolute Gasteiger partial charge is 0.501 e. The summed E-state index contributed by atoms with van der Waals surface area (Å²) in [6.45, 7) is 4.68. The van der Waals surface area contributed by atoms with Gasteiger partial charge in [0.2, 0.25) is 0 Å². The minimum Gasteiger partial charge on any atom is -0.501 e. The lowest BCUT2D eigenvalue weighted by atomic mass is 9.47. The average molecular weight is 375 g/mol. The molecule has 0 aromatic heterocycles. The van der Waals surface area contributed by atoms with Crippen LogP contribution in [0.15, 0.2) is 23.5 Å². The van der Waals surface area contributed by atoms with E-state index in [0.29, 0.717) is 24.2 Å². The molecule has 0 aromatic carbocycles. The van der Waals surface area contributed by atoms with Crippen LogP contribution in [0.3, 0.4) is 0 Å². The molecule has 0 heterocycles. The van der Waals surface area contributed by atoms with Crippen molar-refractivity contribution < 1.29 is 19.7 Å². The predicted molar refractivity (Wildman–Crippen MR) is 104 cm³/mol. The van der Waals surface area contributed by atoms with E-state index in [4.69, 9.17) is 9.84 Å². The summed E-state index contributed by atoms with van der Waals surface area (Å²) in [6, 6.07) is 0. The normalized spacial score (nSPS) is 45.9. The molecule has 0 radical (unpaired) electrons. The van der Waals surface area contributed by atoms with E-state index in [1.165, 1.54) is 5.57 Å². The van der Waals surface area contributed by atoms with Crippen molar-refractivity contribution in [3.05, 3.63) is 23.5 Å². The van der Waals surface area contributed by atoms with E-state index in [1.54, 1.807) is 7.11 Å². The molecule has 4 aliphatic rings. The third-order valence-corrected chi connectivity index (χ3v) is 9.07. The highest BCUT2D eigenvalue weighted by atomic mass is 16.5. The topological polar surface area (TPSA) is 66.8 Å². The maximum atomic E-state index is 11.4. The van der Waals surface area contributed by atoms with E-state index < -0.39 is 11.6 Å². The van der Waals surface area contributed by atoms with Crippen molar-refractivity contribution in [1.82, 2.24) is 0 Å². The molecule has 0 amide bonds. The molecule has 4 aliphatic carbocycles. The molecule has 2 N–H and O–H groups in total. The number of fused-ring (bicyclic) bond motifs is 5. The highest BCUT2D eigenvalue weighted by Crippen LogP contribution is 2.67. The molecule has 6 atom stereocenters. The summed E-state index contributed by atoms with van der Waals surface area (Å²) in [5, 5.41) is 20.6. The first kappa shape index (κ1) is 19.0. The SMILES string of the molecule is COC1=CC2=CC[C@@H]3[C@H](CC[C@@]4(C)[C@H]3CC[C@@]4(O)CCC(=O)O)[C@@]2(C)CC1. The molecular weight excluding hydrogens is 340 g/mol. The van der Waals surface area contributed by atoms with Gasteiger partial charge in [-0.25, -0.2) is 0 Å². The molecule has 0 bridgehead atoms. The van der Waals surface area contributed by atoms with Gasteiger partial charge < -0.3 is 14.9 Å². The maximum absolute atomic E-state index is 11.4. The fourth-order valence-electron chi connectivity index (χ4n) is 7.30. The summed E-state index contributed by atoms with van der Waals surface area (Å²) < 4.78 is 5.52. The monoisotopic (exact) mass is 374 g/mol. The van der Waals surface area contributed by atoms with Crippen molar-refractivity contribution in [3.63, 3.8) is 0 Å². The zero-order chi connectivity index (χ0) is 19.4. The maximum Gasteiger partial charge on any atom is 0.303 e. The lowest BCUT2D eigenvalue weighted by Gasteiger charge is -2.58. The Morgan fingerprint density at radius 3 is 2.67 bits per heavy atom. The summed E-state index contributed by atoms with van der Waals surface area (Å²) in [5.74, 6) is 2.06. The molecule has 0 aromatic rings. The van der Waals surface area contributed by atoms with Crippen LogP contribution in [-0.2, 0) is 9.53 Å². The Kier molecular flexibility index (Phi) is 4.49. The Bertz CT molecular complexity index is 694. The number of rotatable bonds is 4. The van der Waals surface area contributed by atoms with Gasteiger partial charge in [0.15, 0.2) is 0 Å². The van der Waals surface area contributed by atoms with Crippen LogP contribution < -0.4 is 0 Å². The van der Waals surface area contributed by atoms with Gasteiger partial charge in [0, 0.05) is 12.8 Å². The Labute approximate surface area is 162 Å². The van der Waals surface area contributed by atoms with Crippen molar-refractivity contribution in [2.75, 3.05) is 7.11 Å². The number of ether oxygens (including phenoxy) is 1. The summed E-state index contributed by atoms with van der Waals surface area (Å²) in [4.78, 5) is 11.1. The van der Waals surface area contributed by atoms with E-state index >= 15 is 0 Å². The first-order chi connectivity index (χ1) is 12.7. The van der Waals surface area contributed by atoms with Crippen LogP contribution in [0.4, 0.5) is 0 Å². The second kappa shape index (κ2) is 6.37. The number of hydrogen-bond donors (Lipinski definition) is 2. The van der Waals surface area contributed by atoms with Gasteiger partial charge in [-0.15, -0.1) is 0 Å². The quantitative estimate of drug-likeness (QED) is 0.749. The molecule has 4 heteroatoms. The van der Waals surface area contributed by atoms with Crippen molar-refractivity contribution in [3.8, 4) is 0 Å². The van der Waals surface area contributed by atoms with Gasteiger partial charge >= 0.3 is 5.97 Å². The molecule has 0 spiro atoms. The van der Waals surface area contributed by atoms with Gasteiger partial charge in [-0.1, -0.05) is 19.9 Å². The van der Waals surface area contributed by atoms with Crippen molar-refractivity contribution >= 4 is 5.97 Å². The van der Waals surface area contributed by atoms with Gasteiger partial charge in [0.1, 0.15) is 0 Å². The zero-order valence-corrected chi connectivity index (χ0v) is 17.0. The van der Waals surface area contributed by atoms with E-state index in [-0.39, 0.29) is 17.3 Å². The van der Waals surface area contributed by atoms with E-state index in [1.807, 2.05) is 0 Å². The molecule has 27 heavy (non-hydrogen) atoms. The molecule has 2 fully saturated rings. The number of aliphatic carboxylic acids is 1. The van der Waals surface area contributed by atoms with E-state index in [9.17, 15) is 9.90 Å². The van der Waals surface area contributed by atoms with Gasteiger partial charge in [-0.05, 0) is 85.2 Å². The van der Waals surface area contributed by atoms with E-state index in [2.05, 4.69) is 26.0 Å². The number of carbonyl (C=O) groups is 1. The molecule has 4 rings (SSSR count). The molecule has 0 aliphatic heterocycles. The Morgan fingerprint density at radius 2 is 1.96 bits per heavy atom. The average Bonchev–Trinajstić information content (AvgIpc) is 2.91. The molecule has 150 valence electrons. The highest BCUT2D eigenvalue weighted by Gasteiger charge is 2.63. The van der Waals surface area contributed by atoms with Crippen LogP contribution >= 0.6 is 0 Å². The number of methoxy groups -OCH3 is 1. The molecular formula is C23H34O4. The number of hydrogen-bond acceptors (Lipinski definition) is 3. The second-order valence-corrected chi connectivity index (χ2v) is 9.92. The Morgan fingerprint density at radius 1 is 1.22 bits per heavy atom. The van der Waals surface area contributed by atoms with Crippen molar-refractivity contribution in [2.45, 2.75) is 77.2 Å². The van der Waals surface area contributed by atoms with Crippen LogP contribution in [0.1, 0.15) is 71.6 Å². The minimum atomic E-state index is -0.818. The third-order valence-electron chi connectivity index (χ3n) is 9.07. The minimum absolute atomic E-state index is 0.0687. The predicted octanol–water partition coefficient (Wildman–Crippen LogP) is 4.69. The van der Waals surface area contributed by atoms with Gasteiger partial charge in [-0.2, -0.15) is 0 Å². The number of allylic oxidation sites excluding steroid dienone is 4. The van der Waals surface area contributed by atoms with Gasteiger partial charge in [0.05, 0.1) is 18.5 Å². The Balaban J connectivity index is 1.62. The standard InChI is InChI=1S/C23H34O4/c1-21-10-6-16(27-3)14-15(21)4-5-17-18(21)7-11-22(2)19(17)8-12-23(22,26)13-9-20(24)25/h4,14,17-19,26H,5-13H2,1-3H3,(H,24,25)/t17-,18+,19+,21+,22+,23-/m1/s1. The fourth-order valence-corrected chi connectivity index (χ4v) is 7.30. The van der Waals surface area contributed by atoms with Crippen molar-refractivity contribution in [1.29, 1.82) is 0 Å². The number of aliphatic hydroxyl groups is 1. The summed E-state index contributed by atoms with van der Waals surface area (Å²) in [5.41, 5.74) is 0.706. The highest BCUT2D eigenvalue weighted by molar-refractivity contribution is 5.66. The smallest absolute Gasteiger partial charge is 0.303 e. The lowest BCUT2D eigenvalue weighted by Crippen LogP contribution is -2.54. The zero-order valence-electron chi connectivity index (χ0n) is 17.0. The first-order valence-electron chi connectivity index (χ1n) is 10.6. The van der Waals surface area contributed by atoms with Crippen LogP contribution in [0.2, 0.25) is 0 Å². The second-order valence-electron chi connectivity index (χ2n) is 9.92. The Hall–Kier alpha value is -1.29. The number of carboxylic acids is 1. The van der Waals surface area contributed by atoms with Gasteiger partial charge in [0.25, 0.3) is 0 Å². The summed E-state index contributed by atoms with van der Waals surface area (Å²) in [7, 11) is 1.77. The molecule has 2 saturated carbocycles. The van der Waals surface area contributed by atoms with E-state index in [0.717, 1.165) is 50.7 Å². The molecule has 0 saturated heterocycles. The fraction of sp³-hybridized carbons (Fsp3) is 0.783. The third kappa shape index (κ3) is 2.70. The van der Waals surface area contributed by atoms with Crippen LogP contribution in [0, 0.1) is 28.6 Å². The number of carboxylic acid groups (broad SMARTS) is 1. The lowest BCUT2D eigenvalue weighted by molar-refractivity contribution is -0.145. The summed E-state index contributed by atoms with van der Waals surface area (Å²) >= 11 is 0. The van der Waals surface area contributed by atoms with Crippen molar-refractivity contribution in [2.24, 2.45) is 28.6 Å². The first-order valence-corrected chi connectivity index (χ1v) is 10.6. The van der Waals surface area contributed by atoms with Crippen LogP contribution in [-0.4, -0.2) is 28.9 Å². The summed E-state index contributed by atoms with van der Waals surface area (Å²) in [6.07, 6.45) is 12.3. The molecule has 4 nitrogen and oxygen atoms in total. The van der Waals surface area contributed by atoms with Crippen LogP contribution in [0.25, 0.3) is 0 Å². The molecule has 0 unspecified atom stereocenters. The van der Waals surface area contributed by atoms with Gasteiger partial charge in [-0.3, -0.25) is 4.79 Å².